The molecular formula is C17H26N2O3. The lowest BCUT2D eigenvalue weighted by atomic mass is 9.96. The van der Waals surface area contributed by atoms with Gasteiger partial charge in [-0.25, -0.2) is 0 Å². The molecule has 1 atom stereocenters. The fourth-order valence-electron chi connectivity index (χ4n) is 2.40. The van der Waals surface area contributed by atoms with Crippen LogP contribution in [-0.4, -0.2) is 31.2 Å². The van der Waals surface area contributed by atoms with Gasteiger partial charge in [-0.15, -0.1) is 0 Å². The normalized spacial score (nSPS) is 16.7. The van der Waals surface area contributed by atoms with E-state index in [-0.39, 0.29) is 18.1 Å². The van der Waals surface area contributed by atoms with E-state index in [4.69, 9.17) is 15.2 Å². The Kier molecular flexibility index (Phi) is 5.66. The van der Waals surface area contributed by atoms with Crippen LogP contribution in [0, 0.1) is 5.92 Å². The molecule has 1 aromatic rings. The number of ether oxygens (including phenoxy) is 2. The monoisotopic (exact) mass is 306 g/mol. The number of amides is 1. The van der Waals surface area contributed by atoms with Crippen LogP contribution in [0.3, 0.4) is 0 Å². The van der Waals surface area contributed by atoms with Gasteiger partial charge in [-0.05, 0) is 56.4 Å². The Morgan fingerprint density at radius 2 is 1.86 bits per heavy atom. The van der Waals surface area contributed by atoms with Crippen LogP contribution >= 0.6 is 0 Å². The predicted octanol–water partition coefficient (Wildman–Crippen LogP) is 2.10. The van der Waals surface area contributed by atoms with Crippen LogP contribution < -0.4 is 20.5 Å². The fourth-order valence-corrected chi connectivity index (χ4v) is 2.40. The second-order valence-corrected chi connectivity index (χ2v) is 6.05. The summed E-state index contributed by atoms with van der Waals surface area (Å²) in [5.41, 5.74) is 5.48. The lowest BCUT2D eigenvalue weighted by molar-refractivity contribution is -0.125. The molecule has 1 amide bonds. The number of carbonyl (C=O) groups excluding carboxylic acids is 1. The molecule has 3 N–H and O–H groups in total. The van der Waals surface area contributed by atoms with Crippen LogP contribution in [0.25, 0.3) is 0 Å². The molecule has 5 nitrogen and oxygen atoms in total. The topological polar surface area (TPSA) is 73.6 Å². The van der Waals surface area contributed by atoms with Gasteiger partial charge < -0.3 is 20.5 Å². The van der Waals surface area contributed by atoms with Crippen molar-refractivity contribution in [2.75, 3.05) is 19.8 Å². The van der Waals surface area contributed by atoms with Crippen LogP contribution in [0.15, 0.2) is 24.3 Å². The van der Waals surface area contributed by atoms with Gasteiger partial charge in [0.1, 0.15) is 11.5 Å². The van der Waals surface area contributed by atoms with Crippen molar-refractivity contribution in [3.05, 3.63) is 24.3 Å². The summed E-state index contributed by atoms with van der Waals surface area (Å²) < 4.78 is 11.0. The molecule has 0 bridgehead atoms. The first kappa shape index (κ1) is 16.6. The molecule has 0 saturated heterocycles. The zero-order chi connectivity index (χ0) is 16.0. The maximum absolute atomic E-state index is 12.0. The van der Waals surface area contributed by atoms with Crippen LogP contribution in [0.2, 0.25) is 0 Å². The average Bonchev–Trinajstić information content (AvgIpc) is 3.37. The van der Waals surface area contributed by atoms with Gasteiger partial charge in [-0.3, -0.25) is 4.79 Å². The predicted molar refractivity (Wildman–Crippen MR) is 86.0 cm³/mol. The Hall–Kier alpha value is -1.75. The van der Waals surface area contributed by atoms with Crippen molar-refractivity contribution in [3.63, 3.8) is 0 Å². The van der Waals surface area contributed by atoms with Gasteiger partial charge in [0.15, 0.2) is 6.61 Å². The van der Waals surface area contributed by atoms with Crippen molar-refractivity contribution in [1.29, 1.82) is 0 Å². The summed E-state index contributed by atoms with van der Waals surface area (Å²) in [7, 11) is 0. The molecule has 1 saturated carbocycles. The van der Waals surface area contributed by atoms with Gasteiger partial charge in [-0.1, -0.05) is 6.92 Å². The Labute approximate surface area is 132 Å². The molecule has 1 fully saturated rings. The first-order valence-electron chi connectivity index (χ1n) is 7.94. The van der Waals surface area contributed by atoms with Crippen molar-refractivity contribution >= 4 is 5.91 Å². The van der Waals surface area contributed by atoms with Crippen molar-refractivity contribution in [2.45, 2.75) is 38.6 Å². The minimum atomic E-state index is -0.307. The number of nitrogens with one attached hydrogen (secondary N) is 1. The van der Waals surface area contributed by atoms with E-state index in [9.17, 15) is 4.79 Å². The largest absolute Gasteiger partial charge is 0.494 e. The Bertz CT molecular complexity index is 485. The van der Waals surface area contributed by atoms with E-state index in [1.54, 1.807) is 12.1 Å². The second-order valence-electron chi connectivity index (χ2n) is 6.05. The molecule has 2 rings (SSSR count). The van der Waals surface area contributed by atoms with Gasteiger partial charge in [0.25, 0.3) is 5.91 Å². The molecule has 5 heteroatoms. The van der Waals surface area contributed by atoms with E-state index in [0.717, 1.165) is 25.0 Å². The standard InChI is InChI=1S/C17H26N2O3/c1-3-10-21-14-6-8-15(9-7-14)22-11-16(20)19-17(2,12-18)13-4-5-13/h6-9,13H,3-5,10-12,18H2,1-2H3,(H,19,20). The summed E-state index contributed by atoms with van der Waals surface area (Å²) in [4.78, 5) is 12.0. The molecular weight excluding hydrogens is 280 g/mol. The minimum absolute atomic E-state index is 0.00251. The van der Waals surface area contributed by atoms with Gasteiger partial charge in [0.05, 0.1) is 12.1 Å². The van der Waals surface area contributed by atoms with Crippen LogP contribution in [0.4, 0.5) is 0 Å². The molecule has 0 aliphatic heterocycles. The smallest absolute Gasteiger partial charge is 0.258 e. The third-order valence-electron chi connectivity index (χ3n) is 3.99. The lowest BCUT2D eigenvalue weighted by Gasteiger charge is -2.29. The summed E-state index contributed by atoms with van der Waals surface area (Å²) in [5.74, 6) is 1.82. The number of nitrogens with two attached hydrogens (primary N) is 1. The number of rotatable bonds is 9. The molecule has 0 heterocycles. The van der Waals surface area contributed by atoms with Crippen molar-refractivity contribution in [2.24, 2.45) is 11.7 Å². The summed E-state index contributed by atoms with van der Waals surface area (Å²) in [6, 6.07) is 7.30. The van der Waals surface area contributed by atoms with Gasteiger partial charge in [-0.2, -0.15) is 0 Å². The van der Waals surface area contributed by atoms with Crippen molar-refractivity contribution in [3.8, 4) is 11.5 Å². The highest BCUT2D eigenvalue weighted by atomic mass is 16.5. The summed E-state index contributed by atoms with van der Waals surface area (Å²) >= 11 is 0. The quantitative estimate of drug-likeness (QED) is 0.733. The van der Waals surface area contributed by atoms with E-state index < -0.39 is 0 Å². The average molecular weight is 306 g/mol. The van der Waals surface area contributed by atoms with Gasteiger partial charge >= 0.3 is 0 Å². The lowest BCUT2D eigenvalue weighted by Crippen LogP contribution is -2.54. The zero-order valence-corrected chi connectivity index (χ0v) is 13.4. The number of benzene rings is 1. The van der Waals surface area contributed by atoms with E-state index in [1.807, 2.05) is 19.1 Å². The highest BCUT2D eigenvalue weighted by Crippen LogP contribution is 2.38. The maximum Gasteiger partial charge on any atom is 0.258 e. The van der Waals surface area contributed by atoms with E-state index in [1.165, 1.54) is 0 Å². The summed E-state index contributed by atoms with van der Waals surface area (Å²) in [5, 5.41) is 3.00. The maximum atomic E-state index is 12.0. The summed E-state index contributed by atoms with van der Waals surface area (Å²) in [6.45, 7) is 5.21. The highest BCUT2D eigenvalue weighted by Gasteiger charge is 2.41. The summed E-state index contributed by atoms with van der Waals surface area (Å²) in [6.07, 6.45) is 3.24. The van der Waals surface area contributed by atoms with E-state index in [0.29, 0.717) is 24.8 Å². The van der Waals surface area contributed by atoms with E-state index in [2.05, 4.69) is 12.2 Å². The molecule has 0 aromatic heterocycles. The number of carbonyl (C=O) groups is 1. The molecule has 122 valence electrons. The zero-order valence-electron chi connectivity index (χ0n) is 13.4. The van der Waals surface area contributed by atoms with Crippen molar-refractivity contribution in [1.82, 2.24) is 5.32 Å². The molecule has 1 aliphatic rings. The molecule has 1 aromatic carbocycles. The molecule has 0 spiro atoms. The minimum Gasteiger partial charge on any atom is -0.494 e. The molecule has 1 unspecified atom stereocenters. The SMILES string of the molecule is CCCOc1ccc(OCC(=O)NC(C)(CN)C2CC2)cc1. The first-order chi connectivity index (χ1) is 10.6. The van der Waals surface area contributed by atoms with Crippen molar-refractivity contribution < 1.29 is 14.3 Å². The van der Waals surface area contributed by atoms with E-state index >= 15 is 0 Å². The van der Waals surface area contributed by atoms with Gasteiger partial charge in [0, 0.05) is 6.54 Å². The Morgan fingerprint density at radius 1 is 1.27 bits per heavy atom. The van der Waals surface area contributed by atoms with Gasteiger partial charge in [0.2, 0.25) is 0 Å². The number of hydrogen-bond acceptors (Lipinski definition) is 4. The van der Waals surface area contributed by atoms with Crippen LogP contribution in [0.5, 0.6) is 11.5 Å². The highest BCUT2D eigenvalue weighted by molar-refractivity contribution is 5.78. The van der Waals surface area contributed by atoms with Crippen LogP contribution in [-0.2, 0) is 4.79 Å². The number of hydrogen-bond donors (Lipinski definition) is 2. The second kappa shape index (κ2) is 7.49. The fraction of sp³-hybridized carbons (Fsp3) is 0.588. The van der Waals surface area contributed by atoms with Crippen LogP contribution in [0.1, 0.15) is 33.1 Å². The molecule has 1 aliphatic carbocycles. The third-order valence-corrected chi connectivity index (χ3v) is 3.99. The Balaban J connectivity index is 1.78. The molecule has 0 radical (unpaired) electrons. The Morgan fingerprint density at radius 3 is 2.36 bits per heavy atom. The first-order valence-corrected chi connectivity index (χ1v) is 7.94. The third kappa shape index (κ3) is 4.63. The molecule has 22 heavy (non-hydrogen) atoms.